The third-order valence-electron chi connectivity index (χ3n) is 6.15. The van der Waals surface area contributed by atoms with Crippen LogP contribution in [0.3, 0.4) is 0 Å². The second-order valence-corrected chi connectivity index (χ2v) is 8.59. The number of hydrogen-bond donors (Lipinski definition) is 0. The molecule has 0 heterocycles. The maximum absolute atomic E-state index is 13.3. The monoisotopic (exact) mass is 422 g/mol. The quantitative estimate of drug-likeness (QED) is 0.408. The Morgan fingerprint density at radius 3 is 2.10 bits per heavy atom. The highest BCUT2D eigenvalue weighted by Crippen LogP contribution is 2.34. The van der Waals surface area contributed by atoms with Gasteiger partial charge in [-0.3, -0.25) is 0 Å². The van der Waals surface area contributed by atoms with Crippen molar-refractivity contribution in [1.29, 1.82) is 5.26 Å². The number of aryl methyl sites for hydroxylation is 1. The van der Waals surface area contributed by atoms with E-state index < -0.39 is 6.17 Å². The number of hydrogen-bond acceptors (Lipinski definition) is 2. The van der Waals surface area contributed by atoms with E-state index in [0.717, 1.165) is 45.1 Å². The van der Waals surface area contributed by atoms with Gasteiger partial charge < -0.3 is 4.90 Å². The van der Waals surface area contributed by atoms with Crippen LogP contribution in [0.5, 0.6) is 0 Å². The normalized spacial score (nSPS) is 18.2. The number of benzene rings is 2. The first kappa shape index (κ1) is 25.1. The number of rotatable bonds is 10. The molecule has 1 saturated carbocycles. The minimum atomic E-state index is -0.566. The van der Waals surface area contributed by atoms with E-state index in [1.54, 1.807) is 6.07 Å². The predicted molar refractivity (Wildman–Crippen MR) is 129 cm³/mol. The molecule has 0 atom stereocenters. The van der Waals surface area contributed by atoms with Crippen molar-refractivity contribution in [3.05, 3.63) is 71.3 Å². The highest BCUT2D eigenvalue weighted by atomic mass is 19.1. The average molecular weight is 423 g/mol. The molecule has 2 aromatic rings. The van der Waals surface area contributed by atoms with Crippen molar-refractivity contribution < 1.29 is 4.39 Å². The zero-order valence-electron chi connectivity index (χ0n) is 19.4. The molecule has 3 rings (SSSR count). The van der Waals surface area contributed by atoms with Gasteiger partial charge in [0, 0.05) is 13.5 Å². The van der Waals surface area contributed by atoms with E-state index in [1.807, 2.05) is 0 Å². The Bertz CT molecular complexity index is 743. The van der Waals surface area contributed by atoms with Gasteiger partial charge in [0.2, 0.25) is 0 Å². The van der Waals surface area contributed by atoms with Gasteiger partial charge in [-0.15, -0.1) is 0 Å². The summed E-state index contributed by atoms with van der Waals surface area (Å²) in [6.45, 7) is 7.20. The molecule has 0 amide bonds. The predicted octanol–water partition coefficient (Wildman–Crippen LogP) is 7.10. The molecule has 3 heteroatoms. The van der Waals surface area contributed by atoms with E-state index in [0.29, 0.717) is 5.92 Å². The molecule has 168 valence electrons. The molecule has 0 unspecified atom stereocenters. The molecule has 0 aromatic heterocycles. The Balaban J connectivity index is 0.00000107. The number of alkyl halides is 1. The molecule has 0 saturated heterocycles. The number of nitrogens with zero attached hydrogens (tertiary/aromatic N) is 2. The smallest absolute Gasteiger partial charge is 0.100 e. The van der Waals surface area contributed by atoms with E-state index in [9.17, 15) is 4.39 Å². The van der Waals surface area contributed by atoms with Gasteiger partial charge in [-0.2, -0.15) is 5.26 Å². The Hall–Kier alpha value is -2.18. The number of nitriles is 1. The third kappa shape index (κ3) is 9.66. The van der Waals surface area contributed by atoms with Crippen LogP contribution in [-0.4, -0.2) is 30.7 Å². The molecule has 1 aliphatic carbocycles. The van der Waals surface area contributed by atoms with Crippen molar-refractivity contribution in [3.8, 4) is 6.07 Å². The molecule has 0 bridgehead atoms. The van der Waals surface area contributed by atoms with E-state index in [2.05, 4.69) is 66.4 Å². The molecule has 0 radical (unpaired) electrons. The summed E-state index contributed by atoms with van der Waals surface area (Å²) >= 11 is 0. The lowest BCUT2D eigenvalue weighted by Gasteiger charge is -2.24. The maximum atomic E-state index is 13.3. The van der Waals surface area contributed by atoms with Crippen LogP contribution in [0.1, 0.15) is 75.0 Å². The van der Waals surface area contributed by atoms with Crippen LogP contribution in [0.4, 0.5) is 4.39 Å². The van der Waals surface area contributed by atoms with Crippen molar-refractivity contribution in [2.24, 2.45) is 0 Å². The molecule has 2 aromatic carbocycles. The second kappa shape index (κ2) is 14.8. The van der Waals surface area contributed by atoms with Gasteiger partial charge in [0.1, 0.15) is 6.17 Å². The van der Waals surface area contributed by atoms with Crippen molar-refractivity contribution >= 4 is 0 Å². The number of halogens is 1. The summed E-state index contributed by atoms with van der Waals surface area (Å²) in [5, 5.41) is 7.32. The van der Waals surface area contributed by atoms with E-state index >= 15 is 0 Å². The highest BCUT2D eigenvalue weighted by molar-refractivity contribution is 5.26. The standard InChI is InChI=1S/C26H36FN.C2H3N/c1-2-19-28(21-18-22-7-4-3-5-8-22)20-6-9-23-10-12-24(13-11-23)25-14-16-26(27)17-15-25;1-2-3/h3-5,7-8,10-13,25-26H,2,6,9,14-21H2,1H3;1H3. The topological polar surface area (TPSA) is 27.0 Å². The van der Waals surface area contributed by atoms with Crippen LogP contribution in [0.25, 0.3) is 0 Å². The van der Waals surface area contributed by atoms with Crippen molar-refractivity contribution in [3.63, 3.8) is 0 Å². The van der Waals surface area contributed by atoms with Crippen molar-refractivity contribution in [2.75, 3.05) is 19.6 Å². The van der Waals surface area contributed by atoms with Gasteiger partial charge in [-0.1, -0.05) is 61.5 Å². The molecule has 0 aliphatic heterocycles. The fourth-order valence-electron chi connectivity index (χ4n) is 4.43. The third-order valence-corrected chi connectivity index (χ3v) is 6.15. The molecule has 0 N–H and O–H groups in total. The second-order valence-electron chi connectivity index (χ2n) is 8.59. The summed E-state index contributed by atoms with van der Waals surface area (Å²) in [6, 6.07) is 21.7. The summed E-state index contributed by atoms with van der Waals surface area (Å²) in [6.07, 6.45) is 7.63. The molecule has 31 heavy (non-hydrogen) atoms. The Labute approximate surface area is 189 Å². The van der Waals surface area contributed by atoms with Crippen LogP contribution in [0, 0.1) is 11.3 Å². The van der Waals surface area contributed by atoms with Crippen LogP contribution < -0.4 is 0 Å². The molecule has 1 fully saturated rings. The maximum Gasteiger partial charge on any atom is 0.100 e. The van der Waals surface area contributed by atoms with Crippen LogP contribution in [0.2, 0.25) is 0 Å². The van der Waals surface area contributed by atoms with Crippen LogP contribution in [-0.2, 0) is 12.8 Å². The van der Waals surface area contributed by atoms with Gasteiger partial charge in [-0.25, -0.2) is 4.39 Å². The minimum Gasteiger partial charge on any atom is -0.303 e. The van der Waals surface area contributed by atoms with Gasteiger partial charge in [-0.05, 0) is 87.1 Å². The first-order valence-corrected chi connectivity index (χ1v) is 12.0. The Kier molecular flexibility index (Phi) is 11.9. The first-order valence-electron chi connectivity index (χ1n) is 12.0. The molecule has 0 spiro atoms. The van der Waals surface area contributed by atoms with Crippen molar-refractivity contribution in [1.82, 2.24) is 4.90 Å². The van der Waals surface area contributed by atoms with Crippen LogP contribution >= 0.6 is 0 Å². The van der Waals surface area contributed by atoms with Crippen molar-refractivity contribution in [2.45, 2.75) is 77.3 Å². The Morgan fingerprint density at radius 2 is 1.48 bits per heavy atom. The Morgan fingerprint density at radius 1 is 0.871 bits per heavy atom. The summed E-state index contributed by atoms with van der Waals surface area (Å²) < 4.78 is 13.3. The lowest BCUT2D eigenvalue weighted by atomic mass is 9.83. The lowest BCUT2D eigenvalue weighted by molar-refractivity contribution is 0.235. The molecule has 2 nitrogen and oxygen atoms in total. The molecular weight excluding hydrogens is 383 g/mol. The summed E-state index contributed by atoms with van der Waals surface area (Å²) in [4.78, 5) is 2.61. The minimum absolute atomic E-state index is 0.566. The first-order chi connectivity index (χ1) is 15.2. The molecule has 1 aliphatic rings. The summed E-state index contributed by atoms with van der Waals surface area (Å²) in [7, 11) is 0. The fourth-order valence-corrected chi connectivity index (χ4v) is 4.43. The van der Waals surface area contributed by atoms with Gasteiger partial charge >= 0.3 is 0 Å². The van der Waals surface area contributed by atoms with E-state index in [4.69, 9.17) is 5.26 Å². The SMILES string of the molecule is CC#N.CCCN(CCCc1ccc(C2CCC(F)CC2)cc1)CCc1ccccc1. The molecular formula is C28H39FN2. The largest absolute Gasteiger partial charge is 0.303 e. The lowest BCUT2D eigenvalue weighted by Crippen LogP contribution is -2.28. The van der Waals surface area contributed by atoms with Crippen LogP contribution in [0.15, 0.2) is 54.6 Å². The highest BCUT2D eigenvalue weighted by Gasteiger charge is 2.21. The van der Waals surface area contributed by atoms with Gasteiger partial charge in [0.15, 0.2) is 0 Å². The zero-order chi connectivity index (χ0) is 22.3. The summed E-state index contributed by atoms with van der Waals surface area (Å²) in [5.74, 6) is 0.569. The fraction of sp³-hybridized carbons (Fsp3) is 0.536. The van der Waals surface area contributed by atoms with Gasteiger partial charge in [0.05, 0.1) is 6.07 Å². The summed E-state index contributed by atoms with van der Waals surface area (Å²) in [5.41, 5.74) is 4.27. The average Bonchev–Trinajstić information content (AvgIpc) is 2.80. The van der Waals surface area contributed by atoms with E-state index in [1.165, 1.54) is 49.5 Å². The zero-order valence-corrected chi connectivity index (χ0v) is 19.4. The van der Waals surface area contributed by atoms with Gasteiger partial charge in [0.25, 0.3) is 0 Å². The van der Waals surface area contributed by atoms with E-state index in [-0.39, 0.29) is 0 Å².